The van der Waals surface area contributed by atoms with E-state index in [0.717, 1.165) is 31.2 Å². The number of esters is 1. The maximum atomic E-state index is 12.7. The van der Waals surface area contributed by atoms with Gasteiger partial charge in [-0.1, -0.05) is 82.5 Å². The Balaban J connectivity index is 2.20. The first-order chi connectivity index (χ1) is 13.1. The number of ether oxygens (including phenoxy) is 2. The molecule has 0 unspecified atom stereocenters. The molecule has 3 heteroatoms. The molecule has 144 valence electrons. The summed E-state index contributed by atoms with van der Waals surface area (Å²) >= 11 is 0. The molecule has 0 saturated heterocycles. The number of para-hydroxylation sites is 1. The van der Waals surface area contributed by atoms with Crippen LogP contribution >= 0.6 is 0 Å². The number of benzene rings is 2. The van der Waals surface area contributed by atoms with Gasteiger partial charge in [0.25, 0.3) is 0 Å². The first-order valence-electron chi connectivity index (χ1n) is 9.82. The monoisotopic (exact) mass is 366 g/mol. The fourth-order valence-electron chi connectivity index (χ4n) is 2.82. The van der Waals surface area contributed by atoms with Crippen molar-refractivity contribution in [3.05, 3.63) is 71.5 Å². The number of carbonyl (C=O) groups is 1. The Morgan fingerprint density at radius 2 is 1.67 bits per heavy atom. The van der Waals surface area contributed by atoms with E-state index in [1.807, 2.05) is 48.5 Å². The van der Waals surface area contributed by atoms with E-state index < -0.39 is 5.97 Å². The quantitative estimate of drug-likeness (QED) is 0.213. The van der Waals surface area contributed by atoms with Gasteiger partial charge in [0.15, 0.2) is 0 Å². The minimum Gasteiger partial charge on any atom is -0.460 e. The molecule has 0 aliphatic heterocycles. The summed E-state index contributed by atoms with van der Waals surface area (Å²) in [6.45, 7) is 6.85. The Bertz CT molecular complexity index is 732. The third-order valence-electron chi connectivity index (χ3n) is 4.31. The molecule has 0 saturated carbocycles. The van der Waals surface area contributed by atoms with Crippen molar-refractivity contribution in [2.45, 2.75) is 52.4 Å². The second-order valence-corrected chi connectivity index (χ2v) is 6.90. The van der Waals surface area contributed by atoms with E-state index in [2.05, 4.69) is 26.8 Å². The van der Waals surface area contributed by atoms with Gasteiger partial charge in [0, 0.05) is 0 Å². The van der Waals surface area contributed by atoms with Crippen molar-refractivity contribution in [2.75, 3.05) is 6.61 Å². The highest BCUT2D eigenvalue weighted by Crippen LogP contribution is 2.23. The summed E-state index contributed by atoms with van der Waals surface area (Å²) in [6, 6.07) is 17.4. The summed E-state index contributed by atoms with van der Waals surface area (Å²) in [5.74, 6) is 0.757. The van der Waals surface area contributed by atoms with Crippen LogP contribution in [0.3, 0.4) is 0 Å². The van der Waals surface area contributed by atoms with Crippen LogP contribution in [0, 0.1) is 0 Å². The zero-order valence-electron chi connectivity index (χ0n) is 16.6. The molecule has 0 spiro atoms. The van der Waals surface area contributed by atoms with Crippen LogP contribution in [0.25, 0.3) is 6.08 Å². The standard InChI is InChI=1S/C24H30O3/c1-4-5-6-12-17-26-24(25)23(27-21-14-8-7-9-15-21)18-20-13-10-11-16-22(20)19(2)3/h7-11,13-16,18-19H,4-6,12,17H2,1-3H3. The minimum absolute atomic E-state index is 0.213. The molecule has 0 aliphatic rings. The van der Waals surface area contributed by atoms with Crippen LogP contribution < -0.4 is 4.74 Å². The maximum absolute atomic E-state index is 12.7. The zero-order chi connectivity index (χ0) is 19.5. The third kappa shape index (κ3) is 6.93. The highest BCUT2D eigenvalue weighted by Gasteiger charge is 2.16. The van der Waals surface area contributed by atoms with E-state index in [1.165, 1.54) is 5.56 Å². The lowest BCUT2D eigenvalue weighted by Crippen LogP contribution is -2.14. The van der Waals surface area contributed by atoms with Crippen molar-refractivity contribution in [1.82, 2.24) is 0 Å². The average Bonchev–Trinajstić information content (AvgIpc) is 2.68. The van der Waals surface area contributed by atoms with E-state index in [0.29, 0.717) is 18.3 Å². The van der Waals surface area contributed by atoms with Gasteiger partial charge in [-0.15, -0.1) is 0 Å². The Hall–Kier alpha value is -2.55. The van der Waals surface area contributed by atoms with Crippen LogP contribution in [-0.4, -0.2) is 12.6 Å². The summed E-state index contributed by atoms with van der Waals surface area (Å²) in [5, 5.41) is 0. The molecule has 0 heterocycles. The first kappa shape index (κ1) is 20.8. The predicted octanol–water partition coefficient (Wildman–Crippen LogP) is 6.35. The molecule has 3 nitrogen and oxygen atoms in total. The zero-order valence-corrected chi connectivity index (χ0v) is 16.6. The Morgan fingerprint density at radius 1 is 0.963 bits per heavy atom. The number of carbonyl (C=O) groups excluding carboxylic acids is 1. The van der Waals surface area contributed by atoms with Gasteiger partial charge in [-0.25, -0.2) is 4.79 Å². The van der Waals surface area contributed by atoms with Crippen molar-refractivity contribution in [2.24, 2.45) is 0 Å². The van der Waals surface area contributed by atoms with E-state index in [9.17, 15) is 4.79 Å². The summed E-state index contributed by atoms with van der Waals surface area (Å²) in [5.41, 5.74) is 2.14. The largest absolute Gasteiger partial charge is 0.460 e. The van der Waals surface area contributed by atoms with Gasteiger partial charge < -0.3 is 9.47 Å². The second kappa shape index (κ2) is 11.2. The third-order valence-corrected chi connectivity index (χ3v) is 4.31. The smallest absolute Gasteiger partial charge is 0.374 e. The molecular formula is C24H30O3. The molecule has 0 atom stereocenters. The molecule has 0 N–H and O–H groups in total. The molecule has 0 radical (unpaired) electrons. The highest BCUT2D eigenvalue weighted by atomic mass is 16.6. The van der Waals surface area contributed by atoms with E-state index in [1.54, 1.807) is 6.08 Å². The van der Waals surface area contributed by atoms with Crippen molar-refractivity contribution in [3.8, 4) is 5.75 Å². The molecule has 2 aromatic rings. The van der Waals surface area contributed by atoms with E-state index >= 15 is 0 Å². The lowest BCUT2D eigenvalue weighted by Gasteiger charge is -2.13. The fraction of sp³-hybridized carbons (Fsp3) is 0.375. The molecule has 0 aromatic heterocycles. The van der Waals surface area contributed by atoms with Crippen LogP contribution in [0.15, 0.2) is 60.4 Å². The van der Waals surface area contributed by atoms with Gasteiger partial charge in [-0.05, 0) is 41.7 Å². The van der Waals surface area contributed by atoms with Gasteiger partial charge in [0.2, 0.25) is 5.76 Å². The van der Waals surface area contributed by atoms with Gasteiger partial charge >= 0.3 is 5.97 Å². The van der Waals surface area contributed by atoms with Crippen LogP contribution in [0.1, 0.15) is 63.5 Å². The fourth-order valence-corrected chi connectivity index (χ4v) is 2.82. The summed E-state index contributed by atoms with van der Waals surface area (Å²) < 4.78 is 11.3. The van der Waals surface area contributed by atoms with Gasteiger partial charge in [-0.3, -0.25) is 0 Å². The number of unbranched alkanes of at least 4 members (excludes halogenated alkanes) is 3. The van der Waals surface area contributed by atoms with Crippen LogP contribution in [0.5, 0.6) is 5.75 Å². The molecule has 0 aliphatic carbocycles. The lowest BCUT2D eigenvalue weighted by atomic mass is 9.97. The topological polar surface area (TPSA) is 35.5 Å². The molecule has 2 rings (SSSR count). The lowest BCUT2D eigenvalue weighted by molar-refractivity contribution is -0.141. The SMILES string of the molecule is CCCCCCOC(=O)C(=Cc1ccccc1C(C)C)Oc1ccccc1. The summed E-state index contributed by atoms with van der Waals surface area (Å²) in [4.78, 5) is 12.7. The Labute approximate surface area is 163 Å². The molecule has 2 aromatic carbocycles. The molecular weight excluding hydrogens is 336 g/mol. The van der Waals surface area contributed by atoms with Crippen molar-refractivity contribution in [1.29, 1.82) is 0 Å². The average molecular weight is 367 g/mol. The number of hydrogen-bond acceptors (Lipinski definition) is 3. The maximum Gasteiger partial charge on any atom is 0.374 e. The molecule has 0 amide bonds. The highest BCUT2D eigenvalue weighted by molar-refractivity contribution is 5.92. The van der Waals surface area contributed by atoms with Crippen LogP contribution in [-0.2, 0) is 9.53 Å². The number of rotatable bonds is 10. The van der Waals surface area contributed by atoms with Crippen LogP contribution in [0.4, 0.5) is 0 Å². The van der Waals surface area contributed by atoms with E-state index in [-0.39, 0.29) is 5.76 Å². The van der Waals surface area contributed by atoms with Crippen LogP contribution in [0.2, 0.25) is 0 Å². The van der Waals surface area contributed by atoms with Crippen molar-refractivity contribution < 1.29 is 14.3 Å². The van der Waals surface area contributed by atoms with Gasteiger partial charge in [0.05, 0.1) is 6.61 Å². The Morgan fingerprint density at radius 3 is 2.37 bits per heavy atom. The van der Waals surface area contributed by atoms with Gasteiger partial charge in [0.1, 0.15) is 5.75 Å². The normalized spacial score (nSPS) is 11.5. The molecule has 0 bridgehead atoms. The van der Waals surface area contributed by atoms with Crippen molar-refractivity contribution >= 4 is 12.0 Å². The van der Waals surface area contributed by atoms with Crippen molar-refractivity contribution in [3.63, 3.8) is 0 Å². The molecule has 27 heavy (non-hydrogen) atoms. The Kier molecular flexibility index (Phi) is 8.63. The minimum atomic E-state index is -0.422. The first-order valence-corrected chi connectivity index (χ1v) is 9.82. The van der Waals surface area contributed by atoms with Gasteiger partial charge in [-0.2, -0.15) is 0 Å². The second-order valence-electron chi connectivity index (χ2n) is 6.90. The number of hydrogen-bond donors (Lipinski definition) is 0. The molecule has 0 fully saturated rings. The predicted molar refractivity (Wildman–Crippen MR) is 111 cm³/mol. The summed E-state index contributed by atoms with van der Waals surface area (Å²) in [6.07, 6.45) is 6.04. The summed E-state index contributed by atoms with van der Waals surface area (Å²) in [7, 11) is 0. The van der Waals surface area contributed by atoms with E-state index in [4.69, 9.17) is 9.47 Å².